The van der Waals surface area contributed by atoms with Crippen molar-refractivity contribution in [2.24, 2.45) is 5.73 Å². The van der Waals surface area contributed by atoms with E-state index in [-0.39, 0.29) is 15.8 Å². The number of nitrogens with two attached hydrogens (primary N) is 1. The van der Waals surface area contributed by atoms with Crippen molar-refractivity contribution in [2.75, 3.05) is 0 Å². The zero-order valence-electron chi connectivity index (χ0n) is 12.4. The van der Waals surface area contributed by atoms with Crippen LogP contribution < -0.4 is 5.73 Å². The number of primary amides is 1. The Morgan fingerprint density at radius 2 is 1.92 bits per heavy atom. The van der Waals surface area contributed by atoms with Gasteiger partial charge in [-0.2, -0.15) is 13.2 Å². The van der Waals surface area contributed by atoms with Crippen molar-refractivity contribution in [1.82, 2.24) is 14.6 Å². The second kappa shape index (κ2) is 6.57. The van der Waals surface area contributed by atoms with Crippen molar-refractivity contribution < 1.29 is 18.0 Å². The van der Waals surface area contributed by atoms with Gasteiger partial charge in [-0.3, -0.25) is 9.20 Å². The Morgan fingerprint density at radius 1 is 1.24 bits per heavy atom. The van der Waals surface area contributed by atoms with E-state index in [0.29, 0.717) is 5.56 Å². The van der Waals surface area contributed by atoms with E-state index >= 15 is 0 Å². The second-order valence-corrected chi connectivity index (χ2v) is 6.54. The Morgan fingerprint density at radius 3 is 2.52 bits per heavy atom. The van der Waals surface area contributed by atoms with Gasteiger partial charge in [-0.05, 0) is 11.6 Å². The largest absolute Gasteiger partial charge is 0.417 e. The van der Waals surface area contributed by atoms with Gasteiger partial charge in [0.05, 0.1) is 10.6 Å². The van der Waals surface area contributed by atoms with Gasteiger partial charge >= 0.3 is 6.18 Å². The molecule has 1 atom stereocenters. The van der Waals surface area contributed by atoms with Crippen molar-refractivity contribution in [3.8, 4) is 0 Å². The molecular formula is C15H10ClF3N4OS. The molecule has 2 aromatic heterocycles. The molecule has 2 N–H and O–H groups in total. The molecule has 1 aromatic carbocycles. The van der Waals surface area contributed by atoms with Crippen LogP contribution in [0.5, 0.6) is 0 Å². The fraction of sp³-hybridized carbons (Fsp3) is 0.133. The Kier molecular flexibility index (Phi) is 4.61. The minimum atomic E-state index is -4.58. The summed E-state index contributed by atoms with van der Waals surface area (Å²) in [6.45, 7) is 0. The van der Waals surface area contributed by atoms with Gasteiger partial charge in [0.2, 0.25) is 5.91 Å². The number of carbonyl (C=O) groups excluding carboxylic acids is 1. The number of hydrogen-bond acceptors (Lipinski definition) is 4. The van der Waals surface area contributed by atoms with Gasteiger partial charge in [0.15, 0.2) is 10.8 Å². The van der Waals surface area contributed by atoms with Crippen LogP contribution in [0, 0.1) is 0 Å². The lowest BCUT2D eigenvalue weighted by Crippen LogP contribution is -2.19. The first-order valence-electron chi connectivity index (χ1n) is 6.90. The van der Waals surface area contributed by atoms with Crippen LogP contribution in [0.2, 0.25) is 5.02 Å². The molecule has 2 heterocycles. The van der Waals surface area contributed by atoms with E-state index in [2.05, 4.69) is 10.2 Å². The molecule has 0 saturated heterocycles. The third-order valence-electron chi connectivity index (χ3n) is 3.34. The number of rotatable bonds is 4. The first kappa shape index (κ1) is 17.6. The summed E-state index contributed by atoms with van der Waals surface area (Å²) in [5.41, 5.74) is 5.16. The molecule has 1 unspecified atom stereocenters. The number of benzene rings is 1. The number of halogens is 4. The Bertz CT molecular complexity index is 930. The van der Waals surface area contributed by atoms with Crippen LogP contribution >= 0.6 is 23.4 Å². The molecule has 3 aromatic rings. The number of amides is 1. The van der Waals surface area contributed by atoms with E-state index in [0.717, 1.165) is 28.4 Å². The topological polar surface area (TPSA) is 73.3 Å². The van der Waals surface area contributed by atoms with Crippen molar-refractivity contribution in [2.45, 2.75) is 16.6 Å². The van der Waals surface area contributed by atoms with Gasteiger partial charge in [0, 0.05) is 6.20 Å². The summed E-state index contributed by atoms with van der Waals surface area (Å²) < 4.78 is 40.1. The van der Waals surface area contributed by atoms with Gasteiger partial charge in [0.25, 0.3) is 0 Å². The van der Waals surface area contributed by atoms with E-state index in [1.165, 1.54) is 0 Å². The second-order valence-electron chi connectivity index (χ2n) is 5.06. The number of nitrogens with zero attached hydrogens (tertiary/aromatic N) is 3. The monoisotopic (exact) mass is 386 g/mol. The Labute approximate surface area is 149 Å². The molecule has 0 fully saturated rings. The Balaban J connectivity index is 2.06. The third kappa shape index (κ3) is 3.57. The van der Waals surface area contributed by atoms with Crippen LogP contribution in [0.25, 0.3) is 5.65 Å². The number of hydrogen-bond donors (Lipinski definition) is 1. The van der Waals surface area contributed by atoms with Crippen molar-refractivity contribution in [1.29, 1.82) is 0 Å². The smallest absolute Gasteiger partial charge is 0.368 e. The molecule has 10 heteroatoms. The SMILES string of the molecule is NC(=O)C(Sc1nnc2c(Cl)cc(C(F)(F)F)cn12)c1ccccc1. The number of pyridine rings is 1. The van der Waals surface area contributed by atoms with Crippen molar-refractivity contribution in [3.05, 3.63) is 58.7 Å². The highest BCUT2D eigenvalue weighted by atomic mass is 35.5. The fourth-order valence-electron chi connectivity index (χ4n) is 2.19. The maximum absolute atomic E-state index is 13.0. The molecule has 130 valence electrons. The minimum absolute atomic E-state index is 0.0634. The van der Waals surface area contributed by atoms with E-state index in [4.69, 9.17) is 17.3 Å². The highest BCUT2D eigenvalue weighted by Gasteiger charge is 2.32. The lowest BCUT2D eigenvalue weighted by atomic mass is 10.1. The molecule has 5 nitrogen and oxygen atoms in total. The standard InChI is InChI=1S/C15H10ClF3N4OS/c16-10-6-9(15(17,18)19)7-23-13(10)21-22-14(23)25-11(12(20)24)8-4-2-1-3-5-8/h1-7,11H,(H2,20,24). The summed E-state index contributed by atoms with van der Waals surface area (Å²) in [4.78, 5) is 11.8. The molecule has 0 aliphatic heterocycles. The minimum Gasteiger partial charge on any atom is -0.368 e. The first-order valence-corrected chi connectivity index (χ1v) is 8.15. The van der Waals surface area contributed by atoms with E-state index < -0.39 is 22.9 Å². The maximum Gasteiger partial charge on any atom is 0.417 e. The van der Waals surface area contributed by atoms with Crippen molar-refractivity contribution >= 4 is 34.9 Å². The number of alkyl halides is 3. The zero-order chi connectivity index (χ0) is 18.2. The summed E-state index contributed by atoms with van der Waals surface area (Å²) in [6.07, 6.45) is -3.74. The highest BCUT2D eigenvalue weighted by molar-refractivity contribution is 8.00. The summed E-state index contributed by atoms with van der Waals surface area (Å²) >= 11 is 6.78. The number of aromatic nitrogens is 3. The summed E-state index contributed by atoms with van der Waals surface area (Å²) in [5, 5.41) is 6.69. The average molecular weight is 387 g/mol. The lowest BCUT2D eigenvalue weighted by molar-refractivity contribution is -0.137. The molecular weight excluding hydrogens is 377 g/mol. The van der Waals surface area contributed by atoms with Crippen molar-refractivity contribution in [3.63, 3.8) is 0 Å². The van der Waals surface area contributed by atoms with Crippen LogP contribution in [0.15, 0.2) is 47.8 Å². The normalized spacial score (nSPS) is 13.1. The van der Waals surface area contributed by atoms with E-state index in [1.807, 2.05) is 0 Å². The summed E-state index contributed by atoms with van der Waals surface area (Å²) in [5.74, 6) is -0.647. The van der Waals surface area contributed by atoms with Crippen LogP contribution in [0.1, 0.15) is 16.4 Å². The molecule has 0 bridgehead atoms. The highest BCUT2D eigenvalue weighted by Crippen LogP contribution is 2.37. The molecule has 0 aliphatic rings. The van der Waals surface area contributed by atoms with Gasteiger partial charge in [-0.1, -0.05) is 53.7 Å². The third-order valence-corrected chi connectivity index (χ3v) is 4.85. The van der Waals surface area contributed by atoms with E-state index in [1.54, 1.807) is 30.3 Å². The number of thioether (sulfide) groups is 1. The lowest BCUT2D eigenvalue weighted by Gasteiger charge is -2.13. The zero-order valence-corrected chi connectivity index (χ0v) is 13.9. The van der Waals surface area contributed by atoms with E-state index in [9.17, 15) is 18.0 Å². The van der Waals surface area contributed by atoms with Crippen LogP contribution in [-0.4, -0.2) is 20.5 Å². The molecule has 0 saturated carbocycles. The van der Waals surface area contributed by atoms with Gasteiger partial charge in [-0.15, -0.1) is 10.2 Å². The van der Waals surface area contributed by atoms with Crippen LogP contribution in [0.4, 0.5) is 13.2 Å². The maximum atomic E-state index is 13.0. The predicted molar refractivity (Wildman–Crippen MR) is 87.2 cm³/mol. The molecule has 0 aliphatic carbocycles. The molecule has 1 amide bonds. The van der Waals surface area contributed by atoms with Crippen LogP contribution in [0.3, 0.4) is 0 Å². The molecule has 3 rings (SSSR count). The average Bonchev–Trinajstić information content (AvgIpc) is 2.96. The van der Waals surface area contributed by atoms with Gasteiger partial charge in [0.1, 0.15) is 5.25 Å². The number of carbonyl (C=O) groups is 1. The number of fused-ring (bicyclic) bond motifs is 1. The molecule has 25 heavy (non-hydrogen) atoms. The van der Waals surface area contributed by atoms with Gasteiger partial charge < -0.3 is 5.73 Å². The quantitative estimate of drug-likeness (QED) is 0.693. The molecule has 0 radical (unpaired) electrons. The predicted octanol–water partition coefficient (Wildman–Crippen LogP) is 3.72. The van der Waals surface area contributed by atoms with Gasteiger partial charge in [-0.25, -0.2) is 0 Å². The van der Waals surface area contributed by atoms with Crippen LogP contribution in [-0.2, 0) is 11.0 Å². The Hall–Kier alpha value is -2.26. The first-order chi connectivity index (χ1) is 11.8. The summed E-state index contributed by atoms with van der Waals surface area (Å²) in [7, 11) is 0. The fourth-order valence-corrected chi connectivity index (χ4v) is 3.40. The molecule has 0 spiro atoms. The summed E-state index contributed by atoms with van der Waals surface area (Å²) in [6, 6.07) is 9.40.